The van der Waals surface area contributed by atoms with Crippen molar-refractivity contribution in [2.24, 2.45) is 4.99 Å². The zero-order chi connectivity index (χ0) is 10.6. The molecule has 1 rings (SSSR count). The van der Waals surface area contributed by atoms with Gasteiger partial charge in [-0.25, -0.2) is 4.98 Å². The number of hydrogen-bond donors (Lipinski definition) is 0. The van der Waals surface area contributed by atoms with Crippen LogP contribution in [0.1, 0.15) is 12.5 Å². The van der Waals surface area contributed by atoms with Crippen LogP contribution in [0.4, 0.5) is 0 Å². The predicted molar refractivity (Wildman–Crippen MR) is 56.7 cm³/mol. The SMILES string of the molecule is CC(Cc1cnc(Cl)cc1Cl)=NC#N. The molecule has 1 aromatic rings. The van der Waals surface area contributed by atoms with Crippen LogP contribution in [0.5, 0.6) is 0 Å². The highest BCUT2D eigenvalue weighted by Gasteiger charge is 2.03. The number of halogens is 2. The van der Waals surface area contributed by atoms with E-state index in [4.69, 9.17) is 28.5 Å². The fourth-order valence-corrected chi connectivity index (χ4v) is 1.40. The minimum Gasteiger partial charge on any atom is -0.244 e. The second kappa shape index (κ2) is 4.94. The molecule has 0 aromatic carbocycles. The number of nitriles is 1. The van der Waals surface area contributed by atoms with Gasteiger partial charge in [0.25, 0.3) is 0 Å². The molecule has 0 fully saturated rings. The molecular weight excluding hydrogens is 221 g/mol. The Morgan fingerprint density at radius 1 is 1.64 bits per heavy atom. The molecule has 0 amide bonds. The maximum atomic E-state index is 8.32. The molecule has 0 spiro atoms. The van der Waals surface area contributed by atoms with Gasteiger partial charge in [-0.05, 0) is 18.6 Å². The third-order valence-corrected chi connectivity index (χ3v) is 2.14. The van der Waals surface area contributed by atoms with Gasteiger partial charge in [-0.3, -0.25) is 0 Å². The highest BCUT2D eigenvalue weighted by molar-refractivity contribution is 6.34. The number of aromatic nitrogens is 1. The third-order valence-electron chi connectivity index (χ3n) is 1.58. The summed E-state index contributed by atoms with van der Waals surface area (Å²) >= 11 is 11.5. The highest BCUT2D eigenvalue weighted by atomic mass is 35.5. The minimum absolute atomic E-state index is 0.355. The molecule has 0 unspecified atom stereocenters. The van der Waals surface area contributed by atoms with E-state index in [1.807, 2.05) is 0 Å². The molecule has 0 bridgehead atoms. The van der Waals surface area contributed by atoms with Gasteiger partial charge >= 0.3 is 0 Å². The van der Waals surface area contributed by atoms with Crippen LogP contribution in [0.15, 0.2) is 17.3 Å². The summed E-state index contributed by atoms with van der Waals surface area (Å²) in [5.41, 5.74) is 1.51. The highest BCUT2D eigenvalue weighted by Crippen LogP contribution is 2.19. The molecule has 0 N–H and O–H groups in total. The van der Waals surface area contributed by atoms with Crippen LogP contribution in [0.25, 0.3) is 0 Å². The molecule has 0 aliphatic heterocycles. The Morgan fingerprint density at radius 3 is 2.93 bits per heavy atom. The van der Waals surface area contributed by atoms with Crippen molar-refractivity contribution >= 4 is 28.9 Å². The van der Waals surface area contributed by atoms with Crippen LogP contribution in [0.3, 0.4) is 0 Å². The molecule has 0 radical (unpaired) electrons. The smallest absolute Gasteiger partial charge is 0.205 e. The maximum Gasteiger partial charge on any atom is 0.205 e. The summed E-state index contributed by atoms with van der Waals surface area (Å²) in [5.74, 6) is 0. The van der Waals surface area contributed by atoms with E-state index in [-0.39, 0.29) is 0 Å². The largest absolute Gasteiger partial charge is 0.244 e. The first-order valence-electron chi connectivity index (χ1n) is 3.85. The van der Waals surface area contributed by atoms with Crippen LogP contribution in [0, 0.1) is 11.5 Å². The van der Waals surface area contributed by atoms with E-state index < -0.39 is 0 Å². The number of rotatable bonds is 2. The van der Waals surface area contributed by atoms with Crippen LogP contribution in [-0.2, 0) is 6.42 Å². The number of nitrogens with zero attached hydrogens (tertiary/aromatic N) is 3. The van der Waals surface area contributed by atoms with E-state index in [1.165, 1.54) is 0 Å². The van der Waals surface area contributed by atoms with E-state index in [1.54, 1.807) is 25.4 Å². The maximum absolute atomic E-state index is 8.32. The van der Waals surface area contributed by atoms with Gasteiger partial charge in [0.05, 0.1) is 0 Å². The Balaban J connectivity index is 2.89. The average molecular weight is 228 g/mol. The Morgan fingerprint density at radius 2 is 2.36 bits per heavy atom. The zero-order valence-electron chi connectivity index (χ0n) is 7.46. The van der Waals surface area contributed by atoms with Crippen molar-refractivity contribution in [1.82, 2.24) is 4.98 Å². The van der Waals surface area contributed by atoms with Gasteiger partial charge in [0.1, 0.15) is 5.15 Å². The van der Waals surface area contributed by atoms with Crippen molar-refractivity contribution in [3.63, 3.8) is 0 Å². The molecule has 0 aliphatic rings. The fraction of sp³-hybridized carbons (Fsp3) is 0.222. The summed E-state index contributed by atoms with van der Waals surface area (Å²) in [6, 6.07) is 1.57. The molecule has 5 heteroatoms. The zero-order valence-corrected chi connectivity index (χ0v) is 8.97. The molecule has 0 aliphatic carbocycles. The van der Waals surface area contributed by atoms with Crippen molar-refractivity contribution < 1.29 is 0 Å². The van der Waals surface area contributed by atoms with Crippen molar-refractivity contribution in [1.29, 1.82) is 5.26 Å². The molecule has 0 saturated carbocycles. The number of hydrogen-bond acceptors (Lipinski definition) is 3. The third kappa shape index (κ3) is 2.99. The molecular formula is C9H7Cl2N3. The second-order valence-electron chi connectivity index (χ2n) is 2.72. The van der Waals surface area contributed by atoms with Gasteiger partial charge < -0.3 is 0 Å². The first-order chi connectivity index (χ1) is 6.63. The van der Waals surface area contributed by atoms with Crippen LogP contribution >= 0.6 is 23.2 Å². The normalized spacial score (nSPS) is 11.1. The van der Waals surface area contributed by atoms with Crippen LogP contribution in [-0.4, -0.2) is 10.7 Å². The van der Waals surface area contributed by atoms with Crippen LogP contribution in [0.2, 0.25) is 10.2 Å². The minimum atomic E-state index is 0.355. The van der Waals surface area contributed by atoms with E-state index in [2.05, 4.69) is 9.98 Å². The topological polar surface area (TPSA) is 49.0 Å². The summed E-state index contributed by atoms with van der Waals surface area (Å²) in [6.07, 6.45) is 3.81. The summed E-state index contributed by atoms with van der Waals surface area (Å²) in [6.45, 7) is 1.76. The summed E-state index contributed by atoms with van der Waals surface area (Å²) in [5, 5.41) is 9.22. The lowest BCUT2D eigenvalue weighted by molar-refractivity contribution is 1.21. The Hall–Kier alpha value is -1.11. The van der Waals surface area contributed by atoms with Gasteiger partial charge in [0, 0.05) is 23.4 Å². The van der Waals surface area contributed by atoms with Gasteiger partial charge in [0.2, 0.25) is 6.19 Å². The van der Waals surface area contributed by atoms with Crippen molar-refractivity contribution in [2.45, 2.75) is 13.3 Å². The van der Waals surface area contributed by atoms with Gasteiger partial charge in [-0.2, -0.15) is 10.3 Å². The quantitative estimate of drug-likeness (QED) is 0.444. The molecule has 1 aromatic heterocycles. The fourth-order valence-electron chi connectivity index (χ4n) is 0.966. The van der Waals surface area contributed by atoms with Crippen molar-refractivity contribution in [3.8, 4) is 6.19 Å². The molecule has 3 nitrogen and oxygen atoms in total. The molecule has 72 valence electrons. The first kappa shape index (κ1) is 11.0. The standard InChI is InChI=1S/C9H7Cl2N3/c1-6(14-5-12)2-7-4-13-9(11)3-8(7)10/h3-4H,2H2,1H3. The van der Waals surface area contributed by atoms with E-state index >= 15 is 0 Å². The second-order valence-corrected chi connectivity index (χ2v) is 3.52. The summed E-state index contributed by atoms with van der Waals surface area (Å²) in [7, 11) is 0. The predicted octanol–water partition coefficient (Wildman–Crippen LogP) is 2.87. The van der Waals surface area contributed by atoms with Crippen molar-refractivity contribution in [3.05, 3.63) is 28.0 Å². The first-order valence-corrected chi connectivity index (χ1v) is 4.61. The van der Waals surface area contributed by atoms with Gasteiger partial charge in [0.15, 0.2) is 0 Å². The number of pyridine rings is 1. The number of aliphatic imine (C=N–C) groups is 1. The lowest BCUT2D eigenvalue weighted by atomic mass is 10.1. The van der Waals surface area contributed by atoms with E-state index in [0.717, 1.165) is 5.56 Å². The van der Waals surface area contributed by atoms with E-state index in [0.29, 0.717) is 22.3 Å². The summed E-state index contributed by atoms with van der Waals surface area (Å²) < 4.78 is 0. The van der Waals surface area contributed by atoms with Crippen LogP contribution < -0.4 is 0 Å². The average Bonchev–Trinajstić information content (AvgIpc) is 2.10. The molecule has 0 atom stereocenters. The lowest BCUT2D eigenvalue weighted by Crippen LogP contribution is -1.98. The van der Waals surface area contributed by atoms with Gasteiger partial charge in [-0.1, -0.05) is 23.2 Å². The lowest BCUT2D eigenvalue weighted by Gasteiger charge is -2.02. The van der Waals surface area contributed by atoms with Crippen molar-refractivity contribution in [2.75, 3.05) is 0 Å². The van der Waals surface area contributed by atoms with Gasteiger partial charge in [-0.15, -0.1) is 0 Å². The molecule has 14 heavy (non-hydrogen) atoms. The summed E-state index contributed by atoms with van der Waals surface area (Å²) in [4.78, 5) is 7.48. The Kier molecular flexibility index (Phi) is 3.87. The Labute approximate surface area is 92.0 Å². The molecule has 0 saturated heterocycles. The monoisotopic (exact) mass is 227 g/mol. The van der Waals surface area contributed by atoms with E-state index in [9.17, 15) is 0 Å². The molecule has 1 heterocycles. The Bertz CT molecular complexity index is 407.